The molecular weight excluding hydrogens is 270 g/mol. The predicted molar refractivity (Wildman–Crippen MR) is 76.7 cm³/mol. The molecule has 1 aromatic rings. The minimum atomic E-state index is -0.895. The number of nitriles is 1. The van der Waals surface area contributed by atoms with E-state index in [-0.39, 0.29) is 12.3 Å². The first-order chi connectivity index (χ1) is 9.99. The number of nitrogens with one attached hydrogen (secondary N) is 1. The first-order valence-electron chi connectivity index (χ1n) is 6.56. The van der Waals surface area contributed by atoms with Crippen molar-refractivity contribution < 1.29 is 14.3 Å². The molecule has 3 N–H and O–H groups in total. The number of carbonyl (C=O) groups excluding carboxylic acids is 2. The van der Waals surface area contributed by atoms with Gasteiger partial charge in [0, 0.05) is 13.0 Å². The van der Waals surface area contributed by atoms with Crippen LogP contribution < -0.4 is 11.1 Å². The van der Waals surface area contributed by atoms with Crippen molar-refractivity contribution >= 4 is 11.8 Å². The molecule has 0 aliphatic carbocycles. The number of hydrogen-bond donors (Lipinski definition) is 2. The molecule has 112 valence electrons. The zero-order chi connectivity index (χ0) is 15.8. The highest BCUT2D eigenvalue weighted by molar-refractivity contribution is 5.89. The predicted octanol–water partition coefficient (Wildman–Crippen LogP) is 0.894. The Bertz CT molecular complexity index is 525. The van der Waals surface area contributed by atoms with Gasteiger partial charge in [0.15, 0.2) is 6.10 Å². The molecule has 0 aromatic heterocycles. The molecule has 0 aliphatic heterocycles. The fourth-order valence-corrected chi connectivity index (χ4v) is 1.92. The number of amides is 2. The summed E-state index contributed by atoms with van der Waals surface area (Å²) in [6.45, 7) is 1.66. The summed E-state index contributed by atoms with van der Waals surface area (Å²) in [7, 11) is 1.41. The van der Waals surface area contributed by atoms with Crippen molar-refractivity contribution in [2.24, 2.45) is 11.7 Å². The minimum absolute atomic E-state index is 0.169. The Hall–Kier alpha value is -2.39. The Balaban J connectivity index is 2.80. The van der Waals surface area contributed by atoms with Crippen molar-refractivity contribution in [1.29, 1.82) is 5.26 Å². The SMILES string of the molecule is CO[C@@H](C(=O)N[C@H](C[C@H](C)C#N)C(N)=O)c1ccccc1. The molecule has 0 heterocycles. The van der Waals surface area contributed by atoms with Crippen molar-refractivity contribution in [3.63, 3.8) is 0 Å². The van der Waals surface area contributed by atoms with Crippen LogP contribution in [0.5, 0.6) is 0 Å². The number of nitrogens with two attached hydrogens (primary N) is 1. The summed E-state index contributed by atoms with van der Waals surface area (Å²) < 4.78 is 5.18. The Morgan fingerprint density at radius 3 is 2.48 bits per heavy atom. The summed E-state index contributed by atoms with van der Waals surface area (Å²) in [5, 5.41) is 11.3. The third kappa shape index (κ3) is 4.89. The molecule has 0 fully saturated rings. The highest BCUT2D eigenvalue weighted by Crippen LogP contribution is 2.17. The van der Waals surface area contributed by atoms with Crippen molar-refractivity contribution in [2.45, 2.75) is 25.5 Å². The lowest BCUT2D eigenvalue weighted by molar-refractivity contribution is -0.135. The first-order valence-corrected chi connectivity index (χ1v) is 6.56. The third-order valence-electron chi connectivity index (χ3n) is 3.05. The van der Waals surface area contributed by atoms with Gasteiger partial charge in [-0.05, 0) is 18.9 Å². The molecule has 6 nitrogen and oxygen atoms in total. The molecule has 2 amide bonds. The van der Waals surface area contributed by atoms with Gasteiger partial charge in [-0.15, -0.1) is 0 Å². The summed E-state index contributed by atoms with van der Waals surface area (Å²) in [5.41, 5.74) is 5.94. The monoisotopic (exact) mass is 289 g/mol. The average molecular weight is 289 g/mol. The zero-order valence-electron chi connectivity index (χ0n) is 12.1. The fraction of sp³-hybridized carbons (Fsp3) is 0.400. The van der Waals surface area contributed by atoms with Crippen molar-refractivity contribution in [2.75, 3.05) is 7.11 Å². The number of benzene rings is 1. The van der Waals surface area contributed by atoms with Gasteiger partial charge >= 0.3 is 0 Å². The van der Waals surface area contributed by atoms with Crippen LogP contribution in [0.15, 0.2) is 30.3 Å². The molecule has 0 bridgehead atoms. The quantitative estimate of drug-likeness (QED) is 0.777. The van der Waals surface area contributed by atoms with Gasteiger partial charge in [-0.2, -0.15) is 5.26 Å². The topological polar surface area (TPSA) is 105 Å². The van der Waals surface area contributed by atoms with Gasteiger partial charge in [-0.1, -0.05) is 30.3 Å². The lowest BCUT2D eigenvalue weighted by Crippen LogP contribution is -2.47. The largest absolute Gasteiger partial charge is 0.368 e. The zero-order valence-corrected chi connectivity index (χ0v) is 12.1. The van der Waals surface area contributed by atoms with Crippen LogP contribution in [0.4, 0.5) is 0 Å². The minimum Gasteiger partial charge on any atom is -0.368 e. The normalized spacial score (nSPS) is 14.5. The van der Waals surface area contributed by atoms with E-state index in [4.69, 9.17) is 15.7 Å². The average Bonchev–Trinajstić information content (AvgIpc) is 2.48. The van der Waals surface area contributed by atoms with Crippen LogP contribution in [0.1, 0.15) is 25.0 Å². The number of nitrogens with zero attached hydrogens (tertiary/aromatic N) is 1. The number of hydrogen-bond acceptors (Lipinski definition) is 4. The molecule has 0 saturated heterocycles. The van der Waals surface area contributed by atoms with Crippen LogP contribution in [0, 0.1) is 17.2 Å². The molecule has 0 aliphatic rings. The van der Waals surface area contributed by atoms with Crippen molar-refractivity contribution in [3.8, 4) is 6.07 Å². The summed E-state index contributed by atoms with van der Waals surface area (Å²) in [6.07, 6.45) is -0.659. The van der Waals surface area contributed by atoms with Gasteiger partial charge < -0.3 is 15.8 Å². The molecule has 0 spiro atoms. The Morgan fingerprint density at radius 1 is 1.38 bits per heavy atom. The summed E-state index contributed by atoms with van der Waals surface area (Å²) >= 11 is 0. The Labute approximate surface area is 123 Å². The lowest BCUT2D eigenvalue weighted by atomic mass is 10.0. The Morgan fingerprint density at radius 2 is 2.00 bits per heavy atom. The first kappa shape index (κ1) is 16.7. The second-order valence-electron chi connectivity index (χ2n) is 4.76. The Kier molecular flexibility index (Phi) is 6.37. The molecule has 3 atom stereocenters. The number of primary amides is 1. The van der Waals surface area contributed by atoms with Crippen molar-refractivity contribution in [1.82, 2.24) is 5.32 Å². The van der Waals surface area contributed by atoms with Crippen LogP contribution in [0.2, 0.25) is 0 Å². The number of methoxy groups -OCH3 is 1. The van der Waals surface area contributed by atoms with E-state index in [9.17, 15) is 9.59 Å². The van der Waals surface area contributed by atoms with Crippen LogP contribution in [0.25, 0.3) is 0 Å². The standard InChI is InChI=1S/C15H19N3O3/c1-10(9-16)8-12(14(17)19)18-15(20)13(21-2)11-6-4-3-5-7-11/h3-7,10,12-13H,8H2,1-2H3,(H2,17,19)(H,18,20)/t10-,12+,13+/m0/s1. The van der Waals surface area contributed by atoms with E-state index >= 15 is 0 Å². The molecule has 21 heavy (non-hydrogen) atoms. The van der Waals surface area contributed by atoms with E-state index in [2.05, 4.69) is 5.32 Å². The van der Waals surface area contributed by atoms with Crippen LogP contribution in [-0.4, -0.2) is 25.0 Å². The van der Waals surface area contributed by atoms with Gasteiger partial charge in [0.25, 0.3) is 5.91 Å². The highest BCUT2D eigenvalue weighted by atomic mass is 16.5. The summed E-state index contributed by atoms with van der Waals surface area (Å²) in [4.78, 5) is 23.6. The molecule has 6 heteroatoms. The number of carbonyl (C=O) groups is 2. The van der Waals surface area contributed by atoms with Gasteiger partial charge in [0.05, 0.1) is 6.07 Å². The maximum atomic E-state index is 12.2. The van der Waals surface area contributed by atoms with E-state index in [1.807, 2.05) is 12.1 Å². The summed E-state index contributed by atoms with van der Waals surface area (Å²) in [6, 6.07) is 10.0. The molecule has 0 saturated carbocycles. The van der Waals surface area contributed by atoms with Gasteiger partial charge in [0.2, 0.25) is 5.91 Å². The lowest BCUT2D eigenvalue weighted by Gasteiger charge is -2.21. The van der Waals surface area contributed by atoms with Gasteiger partial charge in [0.1, 0.15) is 6.04 Å². The van der Waals surface area contributed by atoms with E-state index in [0.29, 0.717) is 5.56 Å². The molecule has 1 rings (SSSR count). The van der Waals surface area contributed by atoms with Crippen LogP contribution in [0.3, 0.4) is 0 Å². The fourth-order valence-electron chi connectivity index (χ4n) is 1.92. The van der Waals surface area contributed by atoms with Crippen molar-refractivity contribution in [3.05, 3.63) is 35.9 Å². The van der Waals surface area contributed by atoms with Crippen LogP contribution in [-0.2, 0) is 14.3 Å². The van der Waals surface area contributed by atoms with E-state index in [0.717, 1.165) is 0 Å². The van der Waals surface area contributed by atoms with Gasteiger partial charge in [-0.3, -0.25) is 9.59 Å². The smallest absolute Gasteiger partial charge is 0.254 e. The van der Waals surface area contributed by atoms with E-state index in [1.54, 1.807) is 31.2 Å². The third-order valence-corrected chi connectivity index (χ3v) is 3.05. The van der Waals surface area contributed by atoms with E-state index in [1.165, 1.54) is 7.11 Å². The maximum Gasteiger partial charge on any atom is 0.254 e. The van der Waals surface area contributed by atoms with Crippen LogP contribution >= 0.6 is 0 Å². The second kappa shape index (κ2) is 8.02. The molecule has 0 unspecified atom stereocenters. The van der Waals surface area contributed by atoms with E-state index < -0.39 is 24.0 Å². The molecule has 0 radical (unpaired) electrons. The van der Waals surface area contributed by atoms with Gasteiger partial charge in [-0.25, -0.2) is 0 Å². The molecule has 1 aromatic carbocycles. The maximum absolute atomic E-state index is 12.2. The number of rotatable bonds is 7. The summed E-state index contributed by atoms with van der Waals surface area (Å²) in [5.74, 6) is -1.52. The molecular formula is C15H19N3O3. The number of ether oxygens (including phenoxy) is 1. The highest BCUT2D eigenvalue weighted by Gasteiger charge is 2.26. The second-order valence-corrected chi connectivity index (χ2v) is 4.76.